The number of hydrogen-bond acceptors (Lipinski definition) is 5. The van der Waals surface area contributed by atoms with Crippen LogP contribution in [0.5, 0.6) is 0 Å². The lowest BCUT2D eigenvalue weighted by Gasteiger charge is -2.09. The minimum Gasteiger partial charge on any atom is -0.326 e. The van der Waals surface area contributed by atoms with Crippen molar-refractivity contribution in [1.82, 2.24) is 15.0 Å². The number of anilines is 2. The summed E-state index contributed by atoms with van der Waals surface area (Å²) in [6, 6.07) is 8.37. The maximum absolute atomic E-state index is 5.12. The Bertz CT molecular complexity index is 621. The number of nitrogens with zero attached hydrogens (tertiary/aromatic N) is 2. The predicted octanol–water partition coefficient (Wildman–Crippen LogP) is 3.31. The van der Waals surface area contributed by atoms with Crippen LogP contribution in [0.25, 0.3) is 0 Å². The molecule has 1 unspecified atom stereocenters. The maximum Gasteiger partial charge on any atom is 0.209 e. The Morgan fingerprint density at radius 3 is 2.83 bits per heavy atom. The fraction of sp³-hybridized carbons (Fsp3) is 0.250. The summed E-state index contributed by atoms with van der Waals surface area (Å²) in [4.78, 5) is 11.6. The summed E-state index contributed by atoms with van der Waals surface area (Å²) in [6.07, 6.45) is 0.995. The quantitative estimate of drug-likeness (QED) is 0.723. The summed E-state index contributed by atoms with van der Waals surface area (Å²) in [5, 5.41) is 4.34. The molecule has 2 aliphatic rings. The molecule has 2 N–H and O–H groups in total. The molecule has 4 bridgehead atoms. The van der Waals surface area contributed by atoms with E-state index in [9.17, 15) is 0 Å². The van der Waals surface area contributed by atoms with Gasteiger partial charge in [-0.05, 0) is 36.3 Å². The van der Waals surface area contributed by atoms with E-state index in [0.29, 0.717) is 16.0 Å². The number of nitrogens with one attached hydrogen (secondary N) is 2. The van der Waals surface area contributed by atoms with Crippen LogP contribution in [-0.4, -0.2) is 20.2 Å². The van der Waals surface area contributed by atoms with Crippen LogP contribution < -0.4 is 5.32 Å². The van der Waals surface area contributed by atoms with Crippen LogP contribution in [0, 0.1) is 4.77 Å². The van der Waals surface area contributed by atoms with Crippen LogP contribution >= 0.6 is 24.0 Å². The molecule has 1 aromatic heterocycles. The van der Waals surface area contributed by atoms with Gasteiger partial charge in [-0.3, -0.25) is 0 Å². The molecule has 1 aromatic carbocycles. The fourth-order valence-electron chi connectivity index (χ4n) is 1.89. The highest BCUT2D eigenvalue weighted by atomic mass is 32.2. The molecule has 92 valence electrons. The van der Waals surface area contributed by atoms with Crippen molar-refractivity contribution < 1.29 is 0 Å². The van der Waals surface area contributed by atoms with Gasteiger partial charge >= 0.3 is 0 Å². The van der Waals surface area contributed by atoms with E-state index in [0.717, 1.165) is 17.3 Å². The van der Waals surface area contributed by atoms with Crippen molar-refractivity contribution in [2.24, 2.45) is 0 Å². The van der Waals surface area contributed by atoms with Gasteiger partial charge in [0.15, 0.2) is 5.16 Å². The van der Waals surface area contributed by atoms with E-state index in [1.807, 2.05) is 0 Å². The minimum atomic E-state index is 0.415. The highest BCUT2D eigenvalue weighted by Gasteiger charge is 2.11. The number of aromatic nitrogens is 3. The van der Waals surface area contributed by atoms with Gasteiger partial charge in [-0.25, -0.2) is 0 Å². The zero-order valence-corrected chi connectivity index (χ0v) is 11.4. The number of hydrogen-bond donors (Lipinski definition) is 2. The molecular weight excluding hydrogens is 264 g/mol. The Kier molecular flexibility index (Phi) is 3.05. The van der Waals surface area contributed by atoms with Crippen molar-refractivity contribution in [1.29, 1.82) is 0 Å². The molecule has 1 atom stereocenters. The van der Waals surface area contributed by atoms with Crippen LogP contribution in [0.1, 0.15) is 12.5 Å². The summed E-state index contributed by atoms with van der Waals surface area (Å²) in [5.41, 5.74) is 2.31. The summed E-state index contributed by atoms with van der Waals surface area (Å²) in [7, 11) is 0. The Morgan fingerprint density at radius 1 is 1.28 bits per heavy atom. The number of rotatable bonds is 0. The summed E-state index contributed by atoms with van der Waals surface area (Å²) in [6.45, 7) is 2.17. The highest BCUT2D eigenvalue weighted by molar-refractivity contribution is 7.99. The number of thioether (sulfide) groups is 1. The van der Waals surface area contributed by atoms with Gasteiger partial charge in [0, 0.05) is 10.9 Å². The standard InChI is InChI=1S/C12H12N4S2/c1-7-6-8-2-4-9(5-3-8)13-10-14-11(17)16-12(15-10)18-7/h2-5,7H,6H2,1H3,(H2,13,14,15,16,17). The molecule has 0 fully saturated rings. The van der Waals surface area contributed by atoms with Crippen molar-refractivity contribution in [2.75, 3.05) is 5.32 Å². The molecule has 4 nitrogen and oxygen atoms in total. The minimum absolute atomic E-state index is 0.415. The molecule has 0 saturated heterocycles. The SMILES string of the molecule is CC1Cc2ccc(cc2)Nc2nc(nc(=S)[nH]2)S1. The maximum atomic E-state index is 5.12. The average Bonchev–Trinajstić information content (AvgIpc) is 2.33. The second-order valence-electron chi connectivity index (χ2n) is 4.24. The van der Waals surface area contributed by atoms with Gasteiger partial charge < -0.3 is 10.3 Å². The monoisotopic (exact) mass is 276 g/mol. The lowest BCUT2D eigenvalue weighted by atomic mass is 10.1. The summed E-state index contributed by atoms with van der Waals surface area (Å²) in [5.74, 6) is 0.638. The Hall–Kier alpha value is -1.40. The molecule has 0 saturated carbocycles. The summed E-state index contributed by atoms with van der Waals surface area (Å²) < 4.78 is 0.456. The van der Waals surface area contributed by atoms with Gasteiger partial charge in [-0.2, -0.15) is 9.97 Å². The number of H-pyrrole nitrogens is 1. The predicted molar refractivity (Wildman–Crippen MR) is 76.0 cm³/mol. The van der Waals surface area contributed by atoms with Crippen LogP contribution in [0.2, 0.25) is 0 Å². The number of benzene rings is 1. The first-order valence-corrected chi connectivity index (χ1v) is 6.99. The van der Waals surface area contributed by atoms with E-state index < -0.39 is 0 Å². The highest BCUT2D eigenvalue weighted by Crippen LogP contribution is 2.25. The van der Waals surface area contributed by atoms with E-state index in [-0.39, 0.29) is 0 Å². The molecule has 6 heteroatoms. The van der Waals surface area contributed by atoms with Crippen LogP contribution in [0.4, 0.5) is 11.6 Å². The molecule has 0 aliphatic carbocycles. The van der Waals surface area contributed by atoms with E-state index >= 15 is 0 Å². The zero-order chi connectivity index (χ0) is 12.5. The normalized spacial score (nSPS) is 17.9. The van der Waals surface area contributed by atoms with E-state index in [2.05, 4.69) is 51.5 Å². The fourth-order valence-corrected chi connectivity index (χ4v) is 3.06. The number of fused-ring (bicyclic) bond motifs is 4. The van der Waals surface area contributed by atoms with Crippen LogP contribution in [0.15, 0.2) is 29.4 Å². The third-order valence-electron chi connectivity index (χ3n) is 2.68. The van der Waals surface area contributed by atoms with Crippen molar-refractivity contribution in [3.05, 3.63) is 34.6 Å². The first-order chi connectivity index (χ1) is 8.69. The van der Waals surface area contributed by atoms with Crippen molar-refractivity contribution in [3.63, 3.8) is 0 Å². The average molecular weight is 276 g/mol. The second-order valence-corrected chi connectivity index (χ2v) is 6.03. The molecule has 2 aliphatic heterocycles. The molecule has 0 radical (unpaired) electrons. The van der Waals surface area contributed by atoms with Gasteiger partial charge in [0.05, 0.1) is 0 Å². The van der Waals surface area contributed by atoms with Gasteiger partial charge in [-0.15, -0.1) is 0 Å². The van der Waals surface area contributed by atoms with Gasteiger partial charge in [-0.1, -0.05) is 30.8 Å². The molecule has 0 spiro atoms. The summed E-state index contributed by atoms with van der Waals surface area (Å²) >= 11 is 6.76. The van der Waals surface area contributed by atoms with Crippen LogP contribution in [0.3, 0.4) is 0 Å². The van der Waals surface area contributed by atoms with Crippen molar-refractivity contribution >= 4 is 35.6 Å². The second kappa shape index (κ2) is 4.70. The molecular formula is C12H12N4S2. The molecule has 3 heterocycles. The zero-order valence-electron chi connectivity index (χ0n) is 9.80. The van der Waals surface area contributed by atoms with Gasteiger partial charge in [0.2, 0.25) is 10.7 Å². The van der Waals surface area contributed by atoms with Gasteiger partial charge in [0.25, 0.3) is 0 Å². The molecule has 4 rings (SSSR count). The first kappa shape index (κ1) is 11.7. The molecule has 2 aromatic rings. The van der Waals surface area contributed by atoms with Crippen molar-refractivity contribution in [2.45, 2.75) is 23.8 Å². The largest absolute Gasteiger partial charge is 0.326 e. The van der Waals surface area contributed by atoms with E-state index in [1.165, 1.54) is 5.56 Å². The van der Waals surface area contributed by atoms with E-state index in [1.54, 1.807) is 11.8 Å². The van der Waals surface area contributed by atoms with Gasteiger partial charge in [0.1, 0.15) is 0 Å². The lowest BCUT2D eigenvalue weighted by Crippen LogP contribution is -2.03. The Morgan fingerprint density at radius 2 is 2.06 bits per heavy atom. The first-order valence-electron chi connectivity index (χ1n) is 5.70. The van der Waals surface area contributed by atoms with E-state index in [4.69, 9.17) is 12.2 Å². The molecule has 18 heavy (non-hydrogen) atoms. The third-order valence-corrected chi connectivity index (χ3v) is 3.83. The number of aromatic amines is 1. The molecule has 0 amide bonds. The third kappa shape index (κ3) is 2.54. The smallest absolute Gasteiger partial charge is 0.209 e. The van der Waals surface area contributed by atoms with Crippen LogP contribution in [-0.2, 0) is 6.42 Å². The topological polar surface area (TPSA) is 53.6 Å². The lowest BCUT2D eigenvalue weighted by molar-refractivity contribution is 0.877. The Labute approximate surface area is 114 Å². The van der Waals surface area contributed by atoms with Crippen molar-refractivity contribution in [3.8, 4) is 0 Å². The Balaban J connectivity index is 2.10.